The van der Waals surface area contributed by atoms with E-state index in [9.17, 15) is 9.59 Å². The summed E-state index contributed by atoms with van der Waals surface area (Å²) in [6.07, 6.45) is 0. The molecule has 0 spiro atoms. The number of anilines is 1. The molecule has 0 N–H and O–H groups in total. The first-order chi connectivity index (χ1) is 12.5. The van der Waals surface area contributed by atoms with Crippen LogP contribution < -0.4 is 4.90 Å². The summed E-state index contributed by atoms with van der Waals surface area (Å²) in [5.41, 5.74) is 0.869. The Hall–Kier alpha value is -2.16. The highest BCUT2D eigenvalue weighted by atomic mass is 35.5. The molecule has 0 saturated carbocycles. The van der Waals surface area contributed by atoms with Crippen molar-refractivity contribution in [2.24, 2.45) is 5.16 Å². The Bertz CT molecular complexity index is 886. The van der Waals surface area contributed by atoms with Crippen molar-refractivity contribution in [3.05, 3.63) is 45.9 Å². The van der Waals surface area contributed by atoms with Crippen molar-refractivity contribution < 1.29 is 19.2 Å². The van der Waals surface area contributed by atoms with E-state index in [0.29, 0.717) is 10.2 Å². The maximum atomic E-state index is 12.3. The van der Waals surface area contributed by atoms with Gasteiger partial charge in [0.25, 0.3) is 0 Å². The summed E-state index contributed by atoms with van der Waals surface area (Å²) < 4.78 is 4.67. The van der Waals surface area contributed by atoms with Crippen LogP contribution in [-0.2, 0) is 19.2 Å². The highest BCUT2D eigenvalue weighted by molar-refractivity contribution is 7.14. The maximum Gasteiger partial charge on any atom is 0.362 e. The zero-order valence-electron chi connectivity index (χ0n) is 13.7. The van der Waals surface area contributed by atoms with E-state index in [2.05, 4.69) is 19.7 Å². The number of aromatic nitrogens is 1. The highest BCUT2D eigenvalue weighted by Gasteiger charge is 2.50. The van der Waals surface area contributed by atoms with Gasteiger partial charge in [-0.2, -0.15) is 0 Å². The summed E-state index contributed by atoms with van der Waals surface area (Å²) in [5, 5.41) is 5.37. The molecule has 2 unspecified atom stereocenters. The first kappa shape index (κ1) is 18.6. The van der Waals surface area contributed by atoms with E-state index >= 15 is 0 Å². The molecule has 0 radical (unpaired) electrons. The Kier molecular flexibility index (Phi) is 5.45. The average molecular weight is 414 g/mol. The SMILES string of the molecule is CO/N=C(\C(=O)OC)c1csc(N2C(=O)C(Cl)C2c2ccccc2Cl)n1. The predicted octanol–water partition coefficient (Wildman–Crippen LogP) is 3.02. The normalized spacial score (nSPS) is 19.9. The predicted molar refractivity (Wildman–Crippen MR) is 99.0 cm³/mol. The molecule has 1 aliphatic heterocycles. The molecule has 1 amide bonds. The lowest BCUT2D eigenvalue weighted by atomic mass is 9.94. The lowest BCUT2D eigenvalue weighted by Crippen LogP contribution is -2.56. The van der Waals surface area contributed by atoms with Crippen LogP contribution in [0.4, 0.5) is 5.13 Å². The van der Waals surface area contributed by atoms with Gasteiger partial charge in [-0.25, -0.2) is 9.78 Å². The number of methoxy groups -OCH3 is 1. The van der Waals surface area contributed by atoms with E-state index in [4.69, 9.17) is 23.2 Å². The standard InChI is InChI=1S/C16H13Cl2N3O4S/c1-24-15(23)12(20-25-2)10-7-26-16(19-10)21-13(11(18)14(21)22)8-5-3-4-6-9(8)17/h3-7,11,13H,1-2H3/b20-12-. The molecule has 3 rings (SSSR count). The van der Waals surface area contributed by atoms with E-state index < -0.39 is 17.4 Å². The van der Waals surface area contributed by atoms with Crippen LogP contribution in [0.2, 0.25) is 5.02 Å². The number of halogens is 2. The number of oxime groups is 1. The van der Waals surface area contributed by atoms with E-state index in [1.807, 2.05) is 12.1 Å². The van der Waals surface area contributed by atoms with E-state index in [-0.39, 0.29) is 17.3 Å². The smallest absolute Gasteiger partial charge is 0.362 e. The number of esters is 1. The van der Waals surface area contributed by atoms with Crippen molar-refractivity contribution in [1.29, 1.82) is 0 Å². The topological polar surface area (TPSA) is 81.1 Å². The number of alkyl halides is 1. The first-order valence-corrected chi connectivity index (χ1v) is 9.06. The van der Waals surface area contributed by atoms with Gasteiger partial charge in [0.05, 0.1) is 13.2 Å². The fraction of sp³-hybridized carbons (Fsp3) is 0.250. The highest BCUT2D eigenvalue weighted by Crippen LogP contribution is 2.45. The molecule has 2 heterocycles. The minimum Gasteiger partial charge on any atom is -0.464 e. The largest absolute Gasteiger partial charge is 0.464 e. The zero-order chi connectivity index (χ0) is 18.8. The van der Waals surface area contributed by atoms with Crippen molar-refractivity contribution in [2.75, 3.05) is 19.1 Å². The number of nitrogens with zero attached hydrogens (tertiary/aromatic N) is 3. The molecular formula is C16H13Cl2N3O4S. The zero-order valence-corrected chi connectivity index (χ0v) is 16.0. The van der Waals surface area contributed by atoms with Crippen molar-refractivity contribution in [2.45, 2.75) is 11.4 Å². The fourth-order valence-corrected chi connectivity index (χ4v) is 3.99. The van der Waals surface area contributed by atoms with Crippen LogP contribution in [0.15, 0.2) is 34.8 Å². The third-order valence-corrected chi connectivity index (χ3v) is 5.36. The van der Waals surface area contributed by atoms with Crippen molar-refractivity contribution in [3.8, 4) is 0 Å². The molecule has 2 aromatic rings. The minimum absolute atomic E-state index is 0.0952. The number of rotatable bonds is 5. The number of β-lactam (4-membered cyclic amide) rings is 1. The molecule has 1 aliphatic rings. The number of ether oxygens (including phenoxy) is 1. The Morgan fingerprint density at radius 3 is 2.73 bits per heavy atom. The number of hydrogen-bond donors (Lipinski definition) is 0. The second-order valence-corrected chi connectivity index (χ2v) is 6.92. The Morgan fingerprint density at radius 2 is 2.08 bits per heavy atom. The van der Waals surface area contributed by atoms with Crippen LogP contribution in [0.1, 0.15) is 17.3 Å². The van der Waals surface area contributed by atoms with E-state index in [1.54, 1.807) is 17.5 Å². The van der Waals surface area contributed by atoms with Crippen molar-refractivity contribution in [1.82, 2.24) is 4.98 Å². The summed E-state index contributed by atoms with van der Waals surface area (Å²) in [7, 11) is 2.53. The molecule has 1 aromatic carbocycles. The van der Waals surface area contributed by atoms with Gasteiger partial charge in [0.15, 0.2) is 5.13 Å². The van der Waals surface area contributed by atoms with E-state index in [1.165, 1.54) is 30.5 Å². The van der Waals surface area contributed by atoms with Gasteiger partial charge in [0.1, 0.15) is 18.2 Å². The Morgan fingerprint density at radius 1 is 1.35 bits per heavy atom. The molecule has 7 nitrogen and oxygen atoms in total. The minimum atomic E-state index is -0.741. The second-order valence-electron chi connectivity index (χ2n) is 5.21. The second kappa shape index (κ2) is 7.61. The lowest BCUT2D eigenvalue weighted by Gasteiger charge is -2.43. The van der Waals surface area contributed by atoms with Gasteiger partial charge in [-0.15, -0.1) is 22.9 Å². The van der Waals surface area contributed by atoms with Gasteiger partial charge in [-0.3, -0.25) is 9.69 Å². The summed E-state index contributed by atoms with van der Waals surface area (Å²) in [5.74, 6) is -0.989. The van der Waals surface area contributed by atoms with E-state index in [0.717, 1.165) is 5.56 Å². The molecular weight excluding hydrogens is 401 g/mol. The number of thiazole rings is 1. The number of hydrogen-bond acceptors (Lipinski definition) is 7. The molecule has 136 valence electrons. The van der Waals surface area contributed by atoms with Crippen molar-refractivity contribution in [3.63, 3.8) is 0 Å². The molecule has 1 saturated heterocycles. The van der Waals surface area contributed by atoms with Gasteiger partial charge in [-0.05, 0) is 11.6 Å². The van der Waals surface area contributed by atoms with Gasteiger partial charge in [0, 0.05) is 10.4 Å². The van der Waals surface area contributed by atoms with Crippen LogP contribution in [0.3, 0.4) is 0 Å². The van der Waals surface area contributed by atoms with Gasteiger partial charge < -0.3 is 9.57 Å². The molecule has 0 bridgehead atoms. The molecule has 0 aliphatic carbocycles. The molecule has 1 aromatic heterocycles. The lowest BCUT2D eigenvalue weighted by molar-refractivity contribution is -0.132. The summed E-state index contributed by atoms with van der Waals surface area (Å²) in [6, 6.07) is 6.71. The maximum absolute atomic E-state index is 12.3. The fourth-order valence-electron chi connectivity index (χ4n) is 2.54. The van der Waals surface area contributed by atoms with Gasteiger partial charge in [0.2, 0.25) is 11.6 Å². The summed E-state index contributed by atoms with van der Waals surface area (Å²) in [4.78, 5) is 34.6. The van der Waals surface area contributed by atoms with Crippen molar-refractivity contribution >= 4 is 57.3 Å². The molecule has 2 atom stereocenters. The molecule has 10 heteroatoms. The first-order valence-electron chi connectivity index (χ1n) is 7.36. The van der Waals surface area contributed by atoms with Crippen LogP contribution in [0.25, 0.3) is 0 Å². The number of carbonyl (C=O) groups excluding carboxylic acids is 2. The molecule has 26 heavy (non-hydrogen) atoms. The van der Waals surface area contributed by atoms with Crippen LogP contribution in [0, 0.1) is 0 Å². The van der Waals surface area contributed by atoms with Crippen LogP contribution in [0.5, 0.6) is 0 Å². The monoisotopic (exact) mass is 413 g/mol. The molecule has 1 fully saturated rings. The average Bonchev–Trinajstić information content (AvgIpc) is 3.12. The Balaban J connectivity index is 1.95. The number of carbonyl (C=O) groups is 2. The third-order valence-electron chi connectivity index (χ3n) is 3.75. The number of benzene rings is 1. The van der Waals surface area contributed by atoms with Gasteiger partial charge >= 0.3 is 5.97 Å². The van der Waals surface area contributed by atoms with Gasteiger partial charge in [-0.1, -0.05) is 35.0 Å². The van der Waals surface area contributed by atoms with Crippen LogP contribution in [-0.4, -0.2) is 42.2 Å². The summed E-state index contributed by atoms with van der Waals surface area (Å²) >= 11 is 13.6. The quantitative estimate of drug-likeness (QED) is 0.247. The number of amides is 1. The Labute approximate surface area is 163 Å². The van der Waals surface area contributed by atoms with Crippen LogP contribution >= 0.6 is 34.5 Å². The third kappa shape index (κ3) is 3.15. The summed E-state index contributed by atoms with van der Waals surface area (Å²) in [6.45, 7) is 0.